The molecule has 1 saturated heterocycles. The fourth-order valence-corrected chi connectivity index (χ4v) is 5.31. The SMILES string of the molecule is Cc1cc(S(=O)(=O)NCc2cccnc2N2CCOCC2)c(C)s1. The molecule has 1 aliphatic heterocycles. The van der Waals surface area contributed by atoms with Gasteiger partial charge in [-0.15, -0.1) is 11.3 Å². The van der Waals surface area contributed by atoms with Crippen LogP contribution in [0.5, 0.6) is 0 Å². The lowest BCUT2D eigenvalue weighted by Gasteiger charge is -2.29. The molecular weight excluding hydrogens is 346 g/mol. The first kappa shape index (κ1) is 17.3. The second-order valence-electron chi connectivity index (χ2n) is 5.69. The standard InChI is InChI=1S/C16H21N3O3S2/c1-12-10-15(13(2)23-12)24(20,21)18-11-14-4-3-5-17-16(14)19-6-8-22-9-7-19/h3-5,10,18H,6-9,11H2,1-2H3. The summed E-state index contributed by atoms with van der Waals surface area (Å²) in [6.45, 7) is 6.81. The van der Waals surface area contributed by atoms with E-state index in [2.05, 4.69) is 14.6 Å². The number of anilines is 1. The van der Waals surface area contributed by atoms with Crippen molar-refractivity contribution in [1.29, 1.82) is 0 Å². The average molecular weight is 367 g/mol. The van der Waals surface area contributed by atoms with Gasteiger partial charge in [0.1, 0.15) is 5.82 Å². The molecule has 0 spiro atoms. The van der Waals surface area contributed by atoms with Crippen LogP contribution in [0.15, 0.2) is 29.3 Å². The molecule has 3 rings (SSSR count). The minimum absolute atomic E-state index is 0.219. The van der Waals surface area contributed by atoms with Crippen LogP contribution in [0.1, 0.15) is 15.3 Å². The van der Waals surface area contributed by atoms with E-state index < -0.39 is 10.0 Å². The lowest BCUT2D eigenvalue weighted by Crippen LogP contribution is -2.37. The first-order valence-corrected chi connectivity index (χ1v) is 10.1. The molecule has 2 aromatic heterocycles. The lowest BCUT2D eigenvalue weighted by molar-refractivity contribution is 0.122. The molecular formula is C16H21N3O3S2. The zero-order chi connectivity index (χ0) is 17.2. The van der Waals surface area contributed by atoms with Gasteiger partial charge >= 0.3 is 0 Å². The third-order valence-corrected chi connectivity index (χ3v) is 6.54. The first-order valence-electron chi connectivity index (χ1n) is 7.80. The van der Waals surface area contributed by atoms with E-state index >= 15 is 0 Å². The first-order chi connectivity index (χ1) is 11.5. The summed E-state index contributed by atoms with van der Waals surface area (Å²) in [5.41, 5.74) is 0.868. The summed E-state index contributed by atoms with van der Waals surface area (Å²) in [6, 6.07) is 5.45. The minimum atomic E-state index is -3.53. The molecule has 8 heteroatoms. The molecule has 0 aliphatic carbocycles. The molecule has 0 saturated carbocycles. The molecule has 1 fully saturated rings. The highest BCUT2D eigenvalue weighted by Gasteiger charge is 2.21. The van der Waals surface area contributed by atoms with Crippen LogP contribution in [0.25, 0.3) is 0 Å². The van der Waals surface area contributed by atoms with Gasteiger partial charge in [0.2, 0.25) is 10.0 Å². The fraction of sp³-hybridized carbons (Fsp3) is 0.438. The molecule has 6 nitrogen and oxygen atoms in total. The van der Waals surface area contributed by atoms with E-state index in [9.17, 15) is 8.42 Å². The highest BCUT2D eigenvalue weighted by atomic mass is 32.2. The Hall–Kier alpha value is -1.48. The summed E-state index contributed by atoms with van der Waals surface area (Å²) in [5.74, 6) is 0.821. The number of ether oxygens (including phenoxy) is 1. The second-order valence-corrected chi connectivity index (χ2v) is 8.88. The van der Waals surface area contributed by atoms with Crippen molar-refractivity contribution in [2.24, 2.45) is 0 Å². The van der Waals surface area contributed by atoms with Crippen molar-refractivity contribution >= 4 is 27.2 Å². The summed E-state index contributed by atoms with van der Waals surface area (Å²) < 4.78 is 33.2. The predicted octanol–water partition coefficient (Wildman–Crippen LogP) is 2.08. The van der Waals surface area contributed by atoms with E-state index in [1.54, 1.807) is 12.3 Å². The highest BCUT2D eigenvalue weighted by Crippen LogP contribution is 2.25. The summed E-state index contributed by atoms with van der Waals surface area (Å²) >= 11 is 1.49. The molecule has 3 heterocycles. The number of hydrogen-bond donors (Lipinski definition) is 1. The number of hydrogen-bond acceptors (Lipinski definition) is 6. The fourth-order valence-electron chi connectivity index (χ4n) is 2.75. The Morgan fingerprint density at radius 2 is 2.08 bits per heavy atom. The number of sulfonamides is 1. The largest absolute Gasteiger partial charge is 0.378 e. The number of aryl methyl sites for hydroxylation is 2. The van der Waals surface area contributed by atoms with E-state index in [1.165, 1.54) is 11.3 Å². The zero-order valence-electron chi connectivity index (χ0n) is 13.8. The maximum atomic E-state index is 12.6. The van der Waals surface area contributed by atoms with E-state index in [0.717, 1.165) is 34.2 Å². The second kappa shape index (κ2) is 7.18. The van der Waals surface area contributed by atoms with Gasteiger partial charge in [0.05, 0.1) is 18.1 Å². The van der Waals surface area contributed by atoms with Gasteiger partial charge in [-0.05, 0) is 26.0 Å². The molecule has 1 aliphatic rings. The van der Waals surface area contributed by atoms with E-state index in [1.807, 2.05) is 26.0 Å². The maximum Gasteiger partial charge on any atom is 0.241 e. The number of thiophene rings is 1. The van der Waals surface area contributed by atoms with Crippen LogP contribution in [0.3, 0.4) is 0 Å². The van der Waals surface area contributed by atoms with E-state index in [4.69, 9.17) is 4.74 Å². The lowest BCUT2D eigenvalue weighted by atomic mass is 10.2. The predicted molar refractivity (Wildman–Crippen MR) is 95.1 cm³/mol. The summed E-state index contributed by atoms with van der Waals surface area (Å²) in [7, 11) is -3.53. The number of morpholine rings is 1. The Balaban J connectivity index is 1.78. The van der Waals surface area contributed by atoms with Crippen molar-refractivity contribution in [2.45, 2.75) is 25.3 Å². The van der Waals surface area contributed by atoms with Crippen molar-refractivity contribution in [3.8, 4) is 0 Å². The normalized spacial score (nSPS) is 15.7. The number of rotatable bonds is 5. The average Bonchev–Trinajstić information content (AvgIpc) is 2.93. The van der Waals surface area contributed by atoms with Crippen molar-refractivity contribution in [3.63, 3.8) is 0 Å². The Labute approximate surface area is 146 Å². The van der Waals surface area contributed by atoms with Crippen LogP contribution >= 0.6 is 11.3 Å². The molecule has 0 radical (unpaired) electrons. The smallest absolute Gasteiger partial charge is 0.241 e. The summed E-state index contributed by atoms with van der Waals surface area (Å²) in [5, 5.41) is 0. The monoisotopic (exact) mass is 367 g/mol. The van der Waals surface area contributed by atoms with Crippen molar-refractivity contribution in [3.05, 3.63) is 39.7 Å². The van der Waals surface area contributed by atoms with Crippen LogP contribution in [0, 0.1) is 13.8 Å². The number of aromatic nitrogens is 1. The molecule has 0 bridgehead atoms. The van der Waals surface area contributed by atoms with Gasteiger partial charge in [-0.3, -0.25) is 0 Å². The molecule has 1 N–H and O–H groups in total. The van der Waals surface area contributed by atoms with Gasteiger partial charge in [0.15, 0.2) is 0 Å². The quantitative estimate of drug-likeness (QED) is 0.876. The minimum Gasteiger partial charge on any atom is -0.378 e. The van der Waals surface area contributed by atoms with E-state index in [0.29, 0.717) is 18.1 Å². The van der Waals surface area contributed by atoms with Gasteiger partial charge < -0.3 is 9.64 Å². The molecule has 130 valence electrons. The number of nitrogens with zero attached hydrogens (tertiary/aromatic N) is 2. The molecule has 0 amide bonds. The van der Waals surface area contributed by atoms with Crippen molar-refractivity contribution in [1.82, 2.24) is 9.71 Å². The van der Waals surface area contributed by atoms with Gasteiger partial charge in [0.25, 0.3) is 0 Å². The highest BCUT2D eigenvalue weighted by molar-refractivity contribution is 7.89. The Morgan fingerprint density at radius 3 is 2.75 bits per heavy atom. The maximum absolute atomic E-state index is 12.6. The van der Waals surface area contributed by atoms with Crippen LogP contribution in [0.2, 0.25) is 0 Å². The molecule has 2 aromatic rings. The van der Waals surface area contributed by atoms with Crippen LogP contribution in [0.4, 0.5) is 5.82 Å². The number of nitrogens with one attached hydrogen (secondary N) is 1. The third-order valence-electron chi connectivity index (χ3n) is 3.92. The van der Waals surface area contributed by atoms with Gasteiger partial charge in [-0.2, -0.15) is 0 Å². The molecule has 0 unspecified atom stereocenters. The van der Waals surface area contributed by atoms with Crippen molar-refractivity contribution in [2.75, 3.05) is 31.2 Å². The number of pyridine rings is 1. The van der Waals surface area contributed by atoms with Gasteiger partial charge in [0, 0.05) is 41.1 Å². The molecule has 0 aromatic carbocycles. The summed E-state index contributed by atoms with van der Waals surface area (Å²) in [4.78, 5) is 8.72. The van der Waals surface area contributed by atoms with Crippen LogP contribution in [-0.2, 0) is 21.3 Å². The molecule has 24 heavy (non-hydrogen) atoms. The van der Waals surface area contributed by atoms with Crippen LogP contribution in [-0.4, -0.2) is 39.7 Å². The van der Waals surface area contributed by atoms with Crippen LogP contribution < -0.4 is 9.62 Å². The zero-order valence-corrected chi connectivity index (χ0v) is 15.4. The molecule has 0 atom stereocenters. The van der Waals surface area contributed by atoms with Gasteiger partial charge in [-0.25, -0.2) is 18.1 Å². The Morgan fingerprint density at radius 1 is 1.33 bits per heavy atom. The third kappa shape index (κ3) is 3.77. The summed E-state index contributed by atoms with van der Waals surface area (Å²) in [6.07, 6.45) is 1.73. The van der Waals surface area contributed by atoms with Gasteiger partial charge in [-0.1, -0.05) is 6.07 Å². The Kier molecular flexibility index (Phi) is 5.19. The Bertz CT molecular complexity index is 812. The van der Waals surface area contributed by atoms with E-state index in [-0.39, 0.29) is 6.54 Å². The van der Waals surface area contributed by atoms with Crippen molar-refractivity contribution < 1.29 is 13.2 Å². The topological polar surface area (TPSA) is 71.5 Å².